The summed E-state index contributed by atoms with van der Waals surface area (Å²) in [7, 11) is 0. The third-order valence-electron chi connectivity index (χ3n) is 2.01. The summed E-state index contributed by atoms with van der Waals surface area (Å²) in [5.74, 6) is 0. The second-order valence-electron chi connectivity index (χ2n) is 3.11. The lowest BCUT2D eigenvalue weighted by atomic mass is 10.1. The topological polar surface area (TPSA) is 36.7 Å². The van der Waals surface area contributed by atoms with Crippen LogP contribution in [0.4, 0.5) is 0 Å². The first-order valence-corrected chi connectivity index (χ1v) is 4.16. The van der Waals surface area contributed by atoms with E-state index in [9.17, 15) is 0 Å². The van der Waals surface area contributed by atoms with E-state index in [1.165, 1.54) is 6.21 Å². The summed E-state index contributed by atoms with van der Waals surface area (Å²) in [5.41, 5.74) is 3.05. The number of nitrogens with one attached hydrogen (secondary N) is 1. The maximum Gasteiger partial charge on any atom is 0.0702 e. The first-order valence-electron chi connectivity index (χ1n) is 4.16. The van der Waals surface area contributed by atoms with Crippen LogP contribution < -0.4 is 0 Å². The molecule has 1 heterocycles. The summed E-state index contributed by atoms with van der Waals surface area (Å²) in [4.78, 5) is 4.28. The van der Waals surface area contributed by atoms with Crippen LogP contribution in [0.3, 0.4) is 0 Å². The quantitative estimate of drug-likeness (QED) is 0.656. The van der Waals surface area contributed by atoms with E-state index < -0.39 is 0 Å². The Bertz CT molecular complexity index is 461. The molecule has 0 aliphatic rings. The van der Waals surface area contributed by atoms with Crippen molar-refractivity contribution in [1.29, 1.82) is 5.41 Å². The van der Waals surface area contributed by atoms with Crippen molar-refractivity contribution in [2.75, 3.05) is 0 Å². The molecular formula is C11H10N2. The predicted octanol–water partition coefficient (Wildman–Crippen LogP) is 2.54. The summed E-state index contributed by atoms with van der Waals surface area (Å²) in [5, 5.41) is 8.23. The Morgan fingerprint density at radius 1 is 1.31 bits per heavy atom. The lowest BCUT2D eigenvalue weighted by Gasteiger charge is -1.99. The minimum absolute atomic E-state index is 0.917. The second-order valence-corrected chi connectivity index (χ2v) is 3.11. The molecule has 1 aromatic heterocycles. The minimum atomic E-state index is 0.917. The van der Waals surface area contributed by atoms with Gasteiger partial charge in [0, 0.05) is 17.8 Å². The number of nitrogens with zero attached hydrogens (tertiary/aromatic N) is 1. The van der Waals surface area contributed by atoms with E-state index in [1.54, 1.807) is 0 Å². The Balaban J connectivity index is 2.74. The van der Waals surface area contributed by atoms with Crippen molar-refractivity contribution in [3.05, 3.63) is 41.6 Å². The largest absolute Gasteiger partial charge is 0.308 e. The molecule has 0 bridgehead atoms. The molecule has 2 heteroatoms. The maximum atomic E-state index is 7.13. The zero-order valence-electron chi connectivity index (χ0n) is 7.41. The van der Waals surface area contributed by atoms with Crippen molar-refractivity contribution >= 4 is 17.1 Å². The van der Waals surface area contributed by atoms with Gasteiger partial charge >= 0.3 is 0 Å². The molecular weight excluding hydrogens is 160 g/mol. The standard InChI is InChI=1S/C11H10N2/c1-8-4-10-5-9(6-12)2-3-11(10)13-7-8/h2-7,12H,1H3. The van der Waals surface area contributed by atoms with E-state index in [1.807, 2.05) is 31.3 Å². The molecule has 0 aliphatic carbocycles. The number of hydrogen-bond acceptors (Lipinski definition) is 2. The summed E-state index contributed by atoms with van der Waals surface area (Å²) in [6, 6.07) is 7.89. The first kappa shape index (κ1) is 7.92. The van der Waals surface area contributed by atoms with Gasteiger partial charge in [-0.25, -0.2) is 0 Å². The van der Waals surface area contributed by atoms with Crippen LogP contribution in [0.2, 0.25) is 0 Å². The van der Waals surface area contributed by atoms with E-state index in [2.05, 4.69) is 11.1 Å². The highest BCUT2D eigenvalue weighted by atomic mass is 14.6. The summed E-state index contributed by atoms with van der Waals surface area (Å²) in [6.07, 6.45) is 3.20. The van der Waals surface area contributed by atoms with Gasteiger partial charge in [0.25, 0.3) is 0 Å². The summed E-state index contributed by atoms with van der Waals surface area (Å²) in [6.45, 7) is 2.02. The molecule has 1 N–H and O–H groups in total. The molecule has 0 radical (unpaired) electrons. The first-order chi connectivity index (χ1) is 6.29. The number of rotatable bonds is 1. The molecule has 2 rings (SSSR count). The van der Waals surface area contributed by atoms with Gasteiger partial charge in [-0.05, 0) is 36.2 Å². The molecule has 13 heavy (non-hydrogen) atoms. The molecule has 1 aromatic carbocycles. The van der Waals surface area contributed by atoms with Gasteiger partial charge in [0.05, 0.1) is 5.52 Å². The van der Waals surface area contributed by atoms with E-state index >= 15 is 0 Å². The van der Waals surface area contributed by atoms with E-state index in [0.717, 1.165) is 22.0 Å². The molecule has 0 unspecified atom stereocenters. The van der Waals surface area contributed by atoms with E-state index in [0.29, 0.717) is 0 Å². The van der Waals surface area contributed by atoms with E-state index in [-0.39, 0.29) is 0 Å². The van der Waals surface area contributed by atoms with Gasteiger partial charge < -0.3 is 5.41 Å². The van der Waals surface area contributed by atoms with Crippen molar-refractivity contribution in [1.82, 2.24) is 4.98 Å². The van der Waals surface area contributed by atoms with Crippen LogP contribution in [-0.2, 0) is 0 Å². The zero-order chi connectivity index (χ0) is 9.26. The molecule has 2 aromatic rings. The Kier molecular flexibility index (Phi) is 1.81. The monoisotopic (exact) mass is 170 g/mol. The van der Waals surface area contributed by atoms with Gasteiger partial charge in [0.2, 0.25) is 0 Å². The smallest absolute Gasteiger partial charge is 0.0702 e. The third-order valence-corrected chi connectivity index (χ3v) is 2.01. The zero-order valence-corrected chi connectivity index (χ0v) is 7.41. The number of fused-ring (bicyclic) bond motifs is 1. The highest BCUT2D eigenvalue weighted by Crippen LogP contribution is 2.13. The van der Waals surface area contributed by atoms with Gasteiger partial charge in [-0.1, -0.05) is 6.07 Å². The van der Waals surface area contributed by atoms with Crippen LogP contribution in [0, 0.1) is 12.3 Å². The Labute approximate surface area is 76.7 Å². The van der Waals surface area contributed by atoms with Crippen LogP contribution in [-0.4, -0.2) is 11.2 Å². The maximum absolute atomic E-state index is 7.13. The Morgan fingerprint density at radius 3 is 2.92 bits per heavy atom. The minimum Gasteiger partial charge on any atom is -0.308 e. The average Bonchev–Trinajstić information content (AvgIpc) is 2.16. The predicted molar refractivity (Wildman–Crippen MR) is 54.4 cm³/mol. The summed E-state index contributed by atoms with van der Waals surface area (Å²) >= 11 is 0. The molecule has 0 saturated heterocycles. The Hall–Kier alpha value is -1.70. The normalized spacial score (nSPS) is 10.2. The van der Waals surface area contributed by atoms with Crippen molar-refractivity contribution in [2.45, 2.75) is 6.92 Å². The van der Waals surface area contributed by atoms with Crippen LogP contribution in [0.25, 0.3) is 10.9 Å². The summed E-state index contributed by atoms with van der Waals surface area (Å²) < 4.78 is 0. The fourth-order valence-electron chi connectivity index (χ4n) is 1.35. The van der Waals surface area contributed by atoms with Crippen molar-refractivity contribution in [3.8, 4) is 0 Å². The van der Waals surface area contributed by atoms with E-state index in [4.69, 9.17) is 5.41 Å². The van der Waals surface area contributed by atoms with Gasteiger partial charge in [-0.2, -0.15) is 0 Å². The second kappa shape index (κ2) is 2.98. The van der Waals surface area contributed by atoms with Gasteiger partial charge in [0.1, 0.15) is 0 Å². The van der Waals surface area contributed by atoms with Crippen molar-refractivity contribution in [2.24, 2.45) is 0 Å². The molecule has 0 amide bonds. The third kappa shape index (κ3) is 1.43. The molecule has 0 spiro atoms. The van der Waals surface area contributed by atoms with Crippen LogP contribution >= 0.6 is 0 Å². The molecule has 2 nitrogen and oxygen atoms in total. The number of hydrogen-bond donors (Lipinski definition) is 1. The molecule has 0 atom stereocenters. The van der Waals surface area contributed by atoms with Gasteiger partial charge in [0.15, 0.2) is 0 Å². The van der Waals surface area contributed by atoms with Crippen LogP contribution in [0.15, 0.2) is 30.5 Å². The molecule has 0 saturated carbocycles. The lowest BCUT2D eigenvalue weighted by molar-refractivity contribution is 1.33. The highest BCUT2D eigenvalue weighted by molar-refractivity contribution is 5.87. The molecule has 64 valence electrons. The molecule has 0 aliphatic heterocycles. The SMILES string of the molecule is Cc1cnc2ccc(C=N)cc2c1. The van der Waals surface area contributed by atoms with Gasteiger partial charge in [-0.15, -0.1) is 0 Å². The van der Waals surface area contributed by atoms with Crippen molar-refractivity contribution in [3.63, 3.8) is 0 Å². The Morgan fingerprint density at radius 2 is 2.15 bits per heavy atom. The van der Waals surface area contributed by atoms with Gasteiger partial charge in [-0.3, -0.25) is 4.98 Å². The fraction of sp³-hybridized carbons (Fsp3) is 0.0909. The number of benzene rings is 1. The molecule has 0 fully saturated rings. The fourth-order valence-corrected chi connectivity index (χ4v) is 1.35. The number of aryl methyl sites for hydroxylation is 1. The van der Waals surface area contributed by atoms with Crippen molar-refractivity contribution < 1.29 is 0 Å². The number of pyridine rings is 1. The van der Waals surface area contributed by atoms with Crippen LogP contribution in [0.1, 0.15) is 11.1 Å². The average molecular weight is 170 g/mol. The number of aromatic nitrogens is 1. The van der Waals surface area contributed by atoms with Crippen LogP contribution in [0.5, 0.6) is 0 Å². The highest BCUT2D eigenvalue weighted by Gasteiger charge is 1.95. The lowest BCUT2D eigenvalue weighted by Crippen LogP contribution is -1.84.